The third-order valence-electron chi connectivity index (χ3n) is 4.30. The van der Waals surface area contributed by atoms with Crippen molar-refractivity contribution in [2.24, 2.45) is 10.1 Å². The molecule has 0 radical (unpaired) electrons. The van der Waals surface area contributed by atoms with Crippen molar-refractivity contribution in [2.45, 2.75) is 32.4 Å². The Bertz CT molecular complexity index is 952. The van der Waals surface area contributed by atoms with Crippen molar-refractivity contribution in [3.05, 3.63) is 59.0 Å². The maximum atomic E-state index is 12.8. The zero-order valence-corrected chi connectivity index (χ0v) is 15.3. The second kappa shape index (κ2) is 7.37. The number of amides is 1. The first-order chi connectivity index (χ1) is 12.8. The third kappa shape index (κ3) is 3.14. The number of nitrogens with one attached hydrogen (secondary N) is 1. The van der Waals surface area contributed by atoms with Crippen LogP contribution in [0.1, 0.15) is 38.1 Å². The quantitative estimate of drug-likeness (QED) is 0.823. The van der Waals surface area contributed by atoms with Gasteiger partial charge in [-0.15, -0.1) is 5.10 Å². The molecule has 0 aliphatic carbocycles. The number of amidine groups is 1. The van der Waals surface area contributed by atoms with Crippen LogP contribution in [-0.4, -0.2) is 21.8 Å². The number of hydrazone groups is 1. The van der Waals surface area contributed by atoms with Gasteiger partial charge in [-0.05, 0) is 24.6 Å². The van der Waals surface area contributed by atoms with Crippen molar-refractivity contribution in [3.8, 4) is 0 Å². The van der Waals surface area contributed by atoms with Crippen LogP contribution >= 0.6 is 11.8 Å². The number of carbonyl (C=O) groups is 1. The number of carbonyl (C=O) groups excluding carboxylic acids is 1. The monoisotopic (exact) mass is 368 g/mol. The van der Waals surface area contributed by atoms with Crippen molar-refractivity contribution in [1.82, 2.24) is 10.3 Å². The first kappa shape index (κ1) is 16.9. The van der Waals surface area contributed by atoms with Gasteiger partial charge in [0.25, 0.3) is 5.91 Å². The minimum absolute atomic E-state index is 0.156. The Labute approximate surface area is 155 Å². The predicted octanol–water partition coefficient (Wildman–Crippen LogP) is 2.35. The predicted molar refractivity (Wildman–Crippen MR) is 101 cm³/mol. The van der Waals surface area contributed by atoms with Crippen LogP contribution in [0.5, 0.6) is 0 Å². The number of nitrogens with zero attached hydrogens (tertiary/aromatic N) is 3. The summed E-state index contributed by atoms with van der Waals surface area (Å²) >= 11 is 1.57. The van der Waals surface area contributed by atoms with E-state index in [2.05, 4.69) is 17.3 Å². The van der Waals surface area contributed by atoms with Gasteiger partial charge >= 0.3 is 0 Å². The molecule has 3 heterocycles. The minimum atomic E-state index is -0.479. The summed E-state index contributed by atoms with van der Waals surface area (Å²) in [6, 6.07) is 11.3. The van der Waals surface area contributed by atoms with Crippen LogP contribution in [0.25, 0.3) is 5.70 Å². The summed E-state index contributed by atoms with van der Waals surface area (Å²) in [6.45, 7) is 2.17. The molecule has 0 saturated heterocycles. The molecule has 0 unspecified atom stereocenters. The normalized spacial score (nSPS) is 18.6. The second-order valence-electron chi connectivity index (χ2n) is 6.14. The van der Waals surface area contributed by atoms with Crippen molar-refractivity contribution >= 4 is 28.5 Å². The van der Waals surface area contributed by atoms with E-state index >= 15 is 0 Å². The zero-order valence-electron chi connectivity index (χ0n) is 14.5. The van der Waals surface area contributed by atoms with Crippen LogP contribution in [0, 0.1) is 0 Å². The highest BCUT2D eigenvalue weighted by Gasteiger charge is 2.35. The Morgan fingerprint density at radius 1 is 1.23 bits per heavy atom. The van der Waals surface area contributed by atoms with E-state index in [1.807, 2.05) is 36.4 Å². The Hall–Kier alpha value is -2.54. The summed E-state index contributed by atoms with van der Waals surface area (Å²) in [7, 11) is 0. The average Bonchev–Trinajstić information content (AvgIpc) is 3.19. The van der Waals surface area contributed by atoms with Crippen LogP contribution in [0.4, 0.5) is 0 Å². The topological polar surface area (TPSA) is 70.2 Å². The highest BCUT2D eigenvalue weighted by molar-refractivity contribution is 8.13. The molecule has 0 fully saturated rings. The smallest absolute Gasteiger partial charge is 0.276 e. The van der Waals surface area contributed by atoms with Crippen molar-refractivity contribution in [1.29, 1.82) is 0 Å². The van der Waals surface area contributed by atoms with Gasteiger partial charge in [-0.3, -0.25) is 10.1 Å². The molecule has 1 amide bonds. The molecule has 1 aromatic carbocycles. The van der Waals surface area contributed by atoms with E-state index in [0.717, 1.165) is 22.7 Å². The minimum Gasteiger partial charge on any atom is -0.465 e. The molecular weight excluding hydrogens is 348 g/mol. The van der Waals surface area contributed by atoms with E-state index in [-0.39, 0.29) is 5.91 Å². The fourth-order valence-electron chi connectivity index (χ4n) is 3.04. The van der Waals surface area contributed by atoms with Crippen LogP contribution < -0.4 is 15.9 Å². The van der Waals surface area contributed by atoms with Crippen LogP contribution in [0.2, 0.25) is 0 Å². The molecule has 134 valence electrons. The molecule has 0 saturated carbocycles. The van der Waals surface area contributed by atoms with E-state index in [1.54, 1.807) is 23.0 Å². The van der Waals surface area contributed by atoms with Gasteiger partial charge < -0.3 is 4.42 Å². The lowest BCUT2D eigenvalue weighted by Gasteiger charge is -2.32. The molecular formula is C19H20N4O2S. The van der Waals surface area contributed by atoms with E-state index in [1.165, 1.54) is 12.8 Å². The zero-order chi connectivity index (χ0) is 17.9. The van der Waals surface area contributed by atoms with Crippen molar-refractivity contribution in [3.63, 3.8) is 0 Å². The largest absolute Gasteiger partial charge is 0.465 e. The van der Waals surface area contributed by atoms with Gasteiger partial charge in [-0.2, -0.15) is 0 Å². The number of unbranched alkanes of at least 4 members (excludes halogenated alkanes) is 2. The first-order valence-corrected chi connectivity index (χ1v) is 9.79. The number of benzene rings is 1. The lowest BCUT2D eigenvalue weighted by atomic mass is 10.1. The number of hydrogen-bond acceptors (Lipinski definition) is 6. The fourth-order valence-corrected chi connectivity index (χ4v) is 3.89. The maximum absolute atomic E-state index is 12.8. The Balaban J connectivity index is 1.75. The lowest BCUT2D eigenvalue weighted by molar-refractivity contribution is -0.116. The molecule has 1 N–H and O–H groups in total. The molecule has 26 heavy (non-hydrogen) atoms. The van der Waals surface area contributed by atoms with Gasteiger partial charge in [-0.1, -0.05) is 49.7 Å². The number of furan rings is 1. The lowest BCUT2D eigenvalue weighted by Crippen LogP contribution is -2.50. The Morgan fingerprint density at radius 2 is 2.12 bits per heavy atom. The molecule has 7 heteroatoms. The molecule has 2 aliphatic heterocycles. The van der Waals surface area contributed by atoms with Gasteiger partial charge in [0.2, 0.25) is 6.17 Å². The van der Waals surface area contributed by atoms with Gasteiger partial charge in [0.05, 0.1) is 11.6 Å². The van der Waals surface area contributed by atoms with Crippen LogP contribution in [0.3, 0.4) is 0 Å². The van der Waals surface area contributed by atoms with E-state index in [9.17, 15) is 4.79 Å². The molecule has 4 rings (SSSR count). The SMILES string of the molecule is CCCCCSC1=NN2C(=c3ccccc3=N[C@@H]2c2ccco2)C(=O)N1. The fraction of sp³-hybridized carbons (Fsp3) is 0.316. The molecule has 0 spiro atoms. The molecule has 2 aliphatic rings. The maximum Gasteiger partial charge on any atom is 0.276 e. The third-order valence-corrected chi connectivity index (χ3v) is 5.25. The Kier molecular flexibility index (Phi) is 4.79. The summed E-state index contributed by atoms with van der Waals surface area (Å²) in [5.74, 6) is 1.43. The van der Waals surface area contributed by atoms with Crippen LogP contribution in [0.15, 0.2) is 57.2 Å². The van der Waals surface area contributed by atoms with Gasteiger partial charge in [-0.25, -0.2) is 10.0 Å². The second-order valence-corrected chi connectivity index (χ2v) is 7.23. The van der Waals surface area contributed by atoms with Crippen molar-refractivity contribution < 1.29 is 9.21 Å². The highest BCUT2D eigenvalue weighted by atomic mass is 32.2. The molecule has 6 nitrogen and oxygen atoms in total. The number of fused-ring (bicyclic) bond motifs is 2. The Morgan fingerprint density at radius 3 is 2.92 bits per heavy atom. The molecule has 1 aromatic heterocycles. The number of rotatable bonds is 5. The summed E-state index contributed by atoms with van der Waals surface area (Å²) in [5.41, 5.74) is 0.509. The van der Waals surface area contributed by atoms with E-state index in [0.29, 0.717) is 16.6 Å². The van der Waals surface area contributed by atoms with Gasteiger partial charge in [0.15, 0.2) is 5.17 Å². The molecule has 1 atom stereocenters. The average molecular weight is 368 g/mol. The summed E-state index contributed by atoms with van der Waals surface area (Å²) in [5, 5.41) is 11.4. The molecule has 0 bridgehead atoms. The summed E-state index contributed by atoms with van der Waals surface area (Å²) < 4.78 is 5.56. The highest BCUT2D eigenvalue weighted by Crippen LogP contribution is 2.30. The first-order valence-electron chi connectivity index (χ1n) is 8.80. The number of hydrogen-bond donors (Lipinski definition) is 1. The van der Waals surface area contributed by atoms with E-state index < -0.39 is 6.17 Å². The van der Waals surface area contributed by atoms with Crippen molar-refractivity contribution in [2.75, 3.05) is 5.75 Å². The molecule has 2 aromatic rings. The summed E-state index contributed by atoms with van der Waals surface area (Å²) in [4.78, 5) is 17.6. The van der Waals surface area contributed by atoms with Crippen LogP contribution in [-0.2, 0) is 4.79 Å². The standard InChI is InChI=1S/C19H20N4O2S/c1-2-3-6-12-26-19-21-18(24)16-13-8-4-5-9-14(13)20-17(23(16)22-19)15-10-7-11-25-15/h4-5,7-11,17H,2-3,6,12H2,1H3,(H,21,22,24)/t17-/m0/s1. The van der Waals surface area contributed by atoms with Gasteiger partial charge in [0, 0.05) is 11.0 Å². The number of thioether (sulfide) groups is 1. The van der Waals surface area contributed by atoms with Gasteiger partial charge in [0.1, 0.15) is 11.5 Å². The summed E-state index contributed by atoms with van der Waals surface area (Å²) in [6.07, 6.45) is 4.57. The number of para-hydroxylation sites is 1. The van der Waals surface area contributed by atoms with E-state index in [4.69, 9.17) is 9.41 Å².